The van der Waals surface area contributed by atoms with Crippen molar-refractivity contribution < 1.29 is 4.74 Å². The van der Waals surface area contributed by atoms with Crippen molar-refractivity contribution in [1.82, 2.24) is 9.97 Å². The van der Waals surface area contributed by atoms with Crippen LogP contribution in [0.4, 0.5) is 11.8 Å². The van der Waals surface area contributed by atoms with Gasteiger partial charge in [0.05, 0.1) is 17.5 Å². The molecule has 0 aromatic carbocycles. The second kappa shape index (κ2) is 5.54. The lowest BCUT2D eigenvalue weighted by Gasteiger charge is -2.28. The molecule has 0 saturated carbocycles. The molecular formula is C14H20N4OS. The van der Waals surface area contributed by atoms with Gasteiger partial charge in [0.15, 0.2) is 0 Å². The Kier molecular flexibility index (Phi) is 3.76. The Labute approximate surface area is 123 Å². The van der Waals surface area contributed by atoms with E-state index in [0.717, 1.165) is 35.6 Å². The van der Waals surface area contributed by atoms with Gasteiger partial charge < -0.3 is 15.0 Å². The van der Waals surface area contributed by atoms with Crippen molar-refractivity contribution in [2.45, 2.75) is 32.4 Å². The average molecular weight is 292 g/mol. The minimum atomic E-state index is 0.242. The average Bonchev–Trinajstić information content (AvgIpc) is 3.05. The molecule has 1 N–H and O–H groups in total. The molecule has 0 radical (unpaired) electrons. The zero-order chi connectivity index (χ0) is 14.1. The highest BCUT2D eigenvalue weighted by Crippen LogP contribution is 2.32. The minimum Gasteiger partial charge on any atom is -0.376 e. The normalized spacial score (nSPS) is 22.4. The number of aromatic nitrogens is 2. The fourth-order valence-corrected chi connectivity index (χ4v) is 3.49. The van der Waals surface area contributed by atoms with Crippen LogP contribution in [-0.4, -0.2) is 42.3 Å². The monoisotopic (exact) mass is 292 g/mol. The highest BCUT2D eigenvalue weighted by molar-refractivity contribution is 7.16. The molecule has 1 fully saturated rings. The molecule has 0 bridgehead atoms. The minimum absolute atomic E-state index is 0.242. The summed E-state index contributed by atoms with van der Waals surface area (Å²) in [6, 6.07) is 2.48. The molecule has 5 nitrogen and oxygen atoms in total. The lowest BCUT2D eigenvalue weighted by atomic mass is 10.1. The number of thiophene rings is 1. The number of hydrogen-bond donors (Lipinski definition) is 1. The van der Waals surface area contributed by atoms with Gasteiger partial charge in [0, 0.05) is 20.2 Å². The van der Waals surface area contributed by atoms with Gasteiger partial charge in [-0.15, -0.1) is 11.3 Å². The molecule has 2 atom stereocenters. The van der Waals surface area contributed by atoms with Crippen LogP contribution in [0.15, 0.2) is 11.4 Å². The summed E-state index contributed by atoms with van der Waals surface area (Å²) in [5.41, 5.74) is 0. The van der Waals surface area contributed by atoms with E-state index in [1.807, 2.05) is 0 Å². The number of rotatable bonds is 4. The van der Waals surface area contributed by atoms with E-state index in [0.29, 0.717) is 12.0 Å². The molecule has 1 saturated heterocycles. The fourth-order valence-electron chi connectivity index (χ4n) is 2.73. The number of ether oxygens (including phenoxy) is 1. The van der Waals surface area contributed by atoms with Gasteiger partial charge in [-0.2, -0.15) is 4.98 Å². The predicted octanol–water partition coefficient (Wildman–Crippen LogP) is 2.74. The van der Waals surface area contributed by atoms with E-state index < -0.39 is 0 Å². The largest absolute Gasteiger partial charge is 0.376 e. The Hall–Kier alpha value is -1.40. The molecule has 2 unspecified atom stereocenters. The summed E-state index contributed by atoms with van der Waals surface area (Å²) in [6.45, 7) is 5.83. The third-order valence-corrected chi connectivity index (χ3v) is 4.61. The number of fused-ring (bicyclic) bond motifs is 1. The first kappa shape index (κ1) is 13.6. The second-order valence-electron chi connectivity index (χ2n) is 5.08. The quantitative estimate of drug-likeness (QED) is 0.939. The maximum absolute atomic E-state index is 5.68. The van der Waals surface area contributed by atoms with Crippen LogP contribution in [0.1, 0.15) is 20.3 Å². The van der Waals surface area contributed by atoms with Crippen LogP contribution in [0.5, 0.6) is 0 Å². The molecule has 1 aliphatic rings. The summed E-state index contributed by atoms with van der Waals surface area (Å²) in [5, 5.41) is 6.41. The zero-order valence-corrected chi connectivity index (χ0v) is 12.9. The summed E-state index contributed by atoms with van der Waals surface area (Å²) < 4.78 is 5.68. The van der Waals surface area contributed by atoms with Crippen molar-refractivity contribution in [3.8, 4) is 0 Å². The standard InChI is InChI=1S/C14H20N4OS/c1-4-15-14-16-12(10-6-8-20-13(10)17-14)18(3)11-5-7-19-9(11)2/h6,8-9,11H,4-5,7H2,1-3H3,(H,15,16,17). The summed E-state index contributed by atoms with van der Waals surface area (Å²) in [5.74, 6) is 1.70. The van der Waals surface area contributed by atoms with Crippen LogP contribution < -0.4 is 10.2 Å². The second-order valence-corrected chi connectivity index (χ2v) is 5.98. The predicted molar refractivity (Wildman–Crippen MR) is 83.8 cm³/mol. The van der Waals surface area contributed by atoms with Crippen LogP contribution in [0.2, 0.25) is 0 Å². The van der Waals surface area contributed by atoms with E-state index in [2.05, 4.69) is 47.5 Å². The van der Waals surface area contributed by atoms with Crippen molar-refractivity contribution in [1.29, 1.82) is 0 Å². The van der Waals surface area contributed by atoms with Gasteiger partial charge in [0.25, 0.3) is 0 Å². The number of nitrogens with one attached hydrogen (secondary N) is 1. The van der Waals surface area contributed by atoms with E-state index in [1.54, 1.807) is 11.3 Å². The third-order valence-electron chi connectivity index (χ3n) is 3.81. The summed E-state index contributed by atoms with van der Waals surface area (Å²) >= 11 is 1.65. The molecule has 3 rings (SSSR count). The van der Waals surface area contributed by atoms with Crippen molar-refractivity contribution in [2.24, 2.45) is 0 Å². The number of anilines is 2. The molecule has 108 valence electrons. The molecule has 3 heterocycles. The van der Waals surface area contributed by atoms with Gasteiger partial charge in [0.2, 0.25) is 5.95 Å². The molecule has 6 heteroatoms. The Bertz CT molecular complexity index is 600. The van der Waals surface area contributed by atoms with E-state index >= 15 is 0 Å². The smallest absolute Gasteiger partial charge is 0.226 e. The Balaban J connectivity index is 2.02. The van der Waals surface area contributed by atoms with Crippen molar-refractivity contribution in [3.05, 3.63) is 11.4 Å². The maximum atomic E-state index is 5.68. The molecule has 0 aliphatic carbocycles. The van der Waals surface area contributed by atoms with Crippen molar-refractivity contribution in [2.75, 3.05) is 30.4 Å². The van der Waals surface area contributed by atoms with Gasteiger partial charge in [-0.1, -0.05) is 0 Å². The third kappa shape index (κ3) is 2.33. The number of nitrogens with zero attached hydrogens (tertiary/aromatic N) is 3. The Morgan fingerprint density at radius 3 is 3.05 bits per heavy atom. The molecule has 20 heavy (non-hydrogen) atoms. The molecular weight excluding hydrogens is 272 g/mol. The van der Waals surface area contributed by atoms with Crippen molar-refractivity contribution >= 4 is 33.3 Å². The van der Waals surface area contributed by atoms with E-state index in [9.17, 15) is 0 Å². The SMILES string of the molecule is CCNc1nc(N(C)C2CCOC2C)c2ccsc2n1. The summed E-state index contributed by atoms with van der Waals surface area (Å²) in [4.78, 5) is 12.5. The van der Waals surface area contributed by atoms with E-state index in [-0.39, 0.29) is 6.10 Å². The van der Waals surface area contributed by atoms with E-state index in [4.69, 9.17) is 9.72 Å². The van der Waals surface area contributed by atoms with Crippen LogP contribution in [-0.2, 0) is 4.74 Å². The topological polar surface area (TPSA) is 50.3 Å². The molecule has 0 spiro atoms. The van der Waals surface area contributed by atoms with Crippen molar-refractivity contribution in [3.63, 3.8) is 0 Å². The molecule has 2 aromatic rings. The highest BCUT2D eigenvalue weighted by atomic mass is 32.1. The van der Waals surface area contributed by atoms with Crippen LogP contribution in [0, 0.1) is 0 Å². The summed E-state index contributed by atoms with van der Waals surface area (Å²) in [6.07, 6.45) is 1.29. The van der Waals surface area contributed by atoms with Crippen LogP contribution in [0.25, 0.3) is 10.2 Å². The van der Waals surface area contributed by atoms with Gasteiger partial charge in [-0.05, 0) is 31.7 Å². The first-order chi connectivity index (χ1) is 9.70. The lowest BCUT2D eigenvalue weighted by Crippen LogP contribution is -2.37. The van der Waals surface area contributed by atoms with Gasteiger partial charge in [-0.25, -0.2) is 4.98 Å². The van der Waals surface area contributed by atoms with Gasteiger partial charge in [0.1, 0.15) is 10.6 Å². The summed E-state index contributed by atoms with van der Waals surface area (Å²) in [7, 11) is 2.10. The Morgan fingerprint density at radius 2 is 2.35 bits per heavy atom. The fraction of sp³-hybridized carbons (Fsp3) is 0.571. The number of hydrogen-bond acceptors (Lipinski definition) is 6. The maximum Gasteiger partial charge on any atom is 0.226 e. The molecule has 2 aromatic heterocycles. The lowest BCUT2D eigenvalue weighted by molar-refractivity contribution is 0.118. The van der Waals surface area contributed by atoms with Gasteiger partial charge in [-0.3, -0.25) is 0 Å². The molecule has 0 amide bonds. The molecule has 1 aliphatic heterocycles. The zero-order valence-electron chi connectivity index (χ0n) is 12.1. The van der Waals surface area contributed by atoms with Crippen LogP contribution in [0.3, 0.4) is 0 Å². The number of likely N-dealkylation sites (N-methyl/N-ethyl adjacent to an activating group) is 1. The van der Waals surface area contributed by atoms with Crippen LogP contribution >= 0.6 is 11.3 Å². The first-order valence-electron chi connectivity index (χ1n) is 7.04. The first-order valence-corrected chi connectivity index (χ1v) is 7.92. The Morgan fingerprint density at radius 1 is 1.50 bits per heavy atom. The van der Waals surface area contributed by atoms with E-state index in [1.165, 1.54) is 0 Å². The highest BCUT2D eigenvalue weighted by Gasteiger charge is 2.30. The van der Waals surface area contributed by atoms with Gasteiger partial charge >= 0.3 is 0 Å².